The monoisotopic (exact) mass is 264 g/mol. The Bertz CT molecular complexity index is 555. The third kappa shape index (κ3) is 3.01. The molecule has 0 fully saturated rings. The molecule has 7 heteroatoms. The molecule has 2 aromatic rings. The van der Waals surface area contributed by atoms with E-state index in [9.17, 15) is 4.79 Å². The fourth-order valence-corrected chi connectivity index (χ4v) is 2.05. The number of nitrogens with zero attached hydrogens (tertiary/aromatic N) is 3. The smallest absolute Gasteiger partial charge is 0.355 e. The maximum Gasteiger partial charge on any atom is 0.355 e. The number of hydrogen-bond acceptors (Lipinski definition) is 6. The Kier molecular flexibility index (Phi) is 3.83. The van der Waals surface area contributed by atoms with Crippen molar-refractivity contribution in [2.75, 3.05) is 5.32 Å². The van der Waals surface area contributed by atoms with Crippen LogP contribution in [0.25, 0.3) is 0 Å². The van der Waals surface area contributed by atoms with Crippen molar-refractivity contribution in [3.05, 3.63) is 34.2 Å². The first kappa shape index (κ1) is 12.4. The highest BCUT2D eigenvalue weighted by Crippen LogP contribution is 2.12. The Morgan fingerprint density at radius 3 is 3.00 bits per heavy atom. The van der Waals surface area contributed by atoms with E-state index in [-0.39, 0.29) is 5.69 Å². The number of aryl methyl sites for hydroxylation is 1. The van der Waals surface area contributed by atoms with E-state index in [2.05, 4.69) is 20.3 Å². The number of thiazole rings is 1. The van der Waals surface area contributed by atoms with Gasteiger partial charge in [0.1, 0.15) is 17.2 Å². The molecule has 0 aromatic carbocycles. The van der Waals surface area contributed by atoms with Gasteiger partial charge in [0.15, 0.2) is 5.69 Å². The van der Waals surface area contributed by atoms with E-state index in [0.29, 0.717) is 17.4 Å². The molecule has 0 radical (unpaired) electrons. The quantitative estimate of drug-likeness (QED) is 0.856. The first-order valence-electron chi connectivity index (χ1n) is 5.41. The second-order valence-corrected chi connectivity index (χ2v) is 4.48. The van der Waals surface area contributed by atoms with E-state index in [4.69, 9.17) is 5.11 Å². The number of aromatic carboxylic acids is 1. The van der Waals surface area contributed by atoms with Crippen LogP contribution < -0.4 is 5.32 Å². The summed E-state index contributed by atoms with van der Waals surface area (Å²) in [6.07, 6.45) is 2.35. The number of hydrogen-bond donors (Lipinski definition) is 2. The van der Waals surface area contributed by atoms with Crippen molar-refractivity contribution in [3.63, 3.8) is 0 Å². The zero-order valence-electron chi connectivity index (χ0n) is 9.75. The Hall–Kier alpha value is -2.02. The fourth-order valence-electron chi connectivity index (χ4n) is 1.34. The van der Waals surface area contributed by atoms with Gasteiger partial charge in [0, 0.05) is 17.1 Å². The van der Waals surface area contributed by atoms with Crippen LogP contribution in [0.3, 0.4) is 0 Å². The molecule has 0 amide bonds. The lowest BCUT2D eigenvalue weighted by atomic mass is 10.3. The van der Waals surface area contributed by atoms with Crippen molar-refractivity contribution < 1.29 is 9.90 Å². The first-order chi connectivity index (χ1) is 8.69. The molecule has 0 saturated carbocycles. The minimum Gasteiger partial charge on any atom is -0.476 e. The second kappa shape index (κ2) is 5.54. The van der Waals surface area contributed by atoms with Gasteiger partial charge in [-0.15, -0.1) is 11.3 Å². The average molecular weight is 264 g/mol. The van der Waals surface area contributed by atoms with Gasteiger partial charge in [-0.3, -0.25) is 0 Å². The van der Waals surface area contributed by atoms with Crippen molar-refractivity contribution in [2.24, 2.45) is 0 Å². The molecular weight excluding hydrogens is 252 g/mol. The van der Waals surface area contributed by atoms with E-state index >= 15 is 0 Å². The summed E-state index contributed by atoms with van der Waals surface area (Å²) in [4.78, 5) is 22.8. The highest BCUT2D eigenvalue weighted by Gasteiger charge is 2.08. The van der Waals surface area contributed by atoms with E-state index in [1.165, 1.54) is 23.0 Å². The van der Waals surface area contributed by atoms with Gasteiger partial charge in [-0.2, -0.15) is 0 Å². The molecule has 2 aromatic heterocycles. The average Bonchev–Trinajstić information content (AvgIpc) is 2.85. The van der Waals surface area contributed by atoms with Crippen LogP contribution in [-0.2, 0) is 13.0 Å². The van der Waals surface area contributed by atoms with Crippen molar-refractivity contribution in [1.82, 2.24) is 15.0 Å². The predicted molar refractivity (Wildman–Crippen MR) is 67.8 cm³/mol. The Labute approximate surface area is 108 Å². The zero-order valence-corrected chi connectivity index (χ0v) is 10.6. The van der Waals surface area contributed by atoms with Crippen molar-refractivity contribution in [2.45, 2.75) is 19.9 Å². The Morgan fingerprint density at radius 1 is 1.50 bits per heavy atom. The maximum absolute atomic E-state index is 10.7. The van der Waals surface area contributed by atoms with E-state index < -0.39 is 5.97 Å². The normalized spacial score (nSPS) is 10.3. The molecule has 0 aliphatic rings. The topological polar surface area (TPSA) is 88.0 Å². The number of carboxylic acid groups (broad SMARTS) is 1. The number of rotatable bonds is 5. The Balaban J connectivity index is 1.99. The second-order valence-electron chi connectivity index (χ2n) is 3.53. The summed E-state index contributed by atoms with van der Waals surface area (Å²) >= 11 is 1.31. The fraction of sp³-hybridized carbons (Fsp3) is 0.273. The van der Waals surface area contributed by atoms with Crippen molar-refractivity contribution >= 4 is 23.1 Å². The summed E-state index contributed by atoms with van der Waals surface area (Å²) in [5.74, 6) is -0.290. The summed E-state index contributed by atoms with van der Waals surface area (Å²) < 4.78 is 0. The molecule has 2 rings (SSSR count). The summed E-state index contributed by atoms with van der Waals surface area (Å²) in [5, 5.41) is 14.1. The SMILES string of the molecule is CCc1cc(NCc2nc(C(=O)O)cs2)ncn1. The zero-order chi connectivity index (χ0) is 13.0. The van der Waals surface area contributed by atoms with Crippen molar-refractivity contribution in [3.8, 4) is 0 Å². The lowest BCUT2D eigenvalue weighted by molar-refractivity contribution is 0.0691. The van der Waals surface area contributed by atoms with Gasteiger partial charge in [-0.1, -0.05) is 6.92 Å². The number of aromatic nitrogens is 3. The molecule has 0 saturated heterocycles. The number of carboxylic acids is 1. The first-order valence-corrected chi connectivity index (χ1v) is 6.29. The number of anilines is 1. The van der Waals surface area contributed by atoms with Crippen LogP contribution in [0.15, 0.2) is 17.8 Å². The highest BCUT2D eigenvalue weighted by molar-refractivity contribution is 7.09. The van der Waals surface area contributed by atoms with Gasteiger partial charge in [0.25, 0.3) is 0 Å². The molecule has 2 N–H and O–H groups in total. The van der Waals surface area contributed by atoms with E-state index in [0.717, 1.165) is 12.1 Å². The van der Waals surface area contributed by atoms with Gasteiger partial charge >= 0.3 is 5.97 Å². The molecule has 0 atom stereocenters. The van der Waals surface area contributed by atoms with Crippen LogP contribution in [0.4, 0.5) is 5.82 Å². The molecule has 0 unspecified atom stereocenters. The molecule has 18 heavy (non-hydrogen) atoms. The van der Waals surface area contributed by atoms with E-state index in [1.54, 1.807) is 0 Å². The molecule has 0 bridgehead atoms. The van der Waals surface area contributed by atoms with Gasteiger partial charge < -0.3 is 10.4 Å². The van der Waals surface area contributed by atoms with Crippen LogP contribution in [-0.4, -0.2) is 26.0 Å². The molecule has 6 nitrogen and oxygen atoms in total. The Morgan fingerprint density at radius 2 is 2.33 bits per heavy atom. The van der Waals surface area contributed by atoms with Gasteiger partial charge in [0.05, 0.1) is 6.54 Å². The molecule has 0 aliphatic heterocycles. The molecule has 94 valence electrons. The van der Waals surface area contributed by atoms with Gasteiger partial charge in [0.2, 0.25) is 0 Å². The molecule has 0 aliphatic carbocycles. The van der Waals surface area contributed by atoms with Gasteiger partial charge in [-0.05, 0) is 6.42 Å². The highest BCUT2D eigenvalue weighted by atomic mass is 32.1. The third-order valence-corrected chi connectivity index (χ3v) is 3.13. The largest absolute Gasteiger partial charge is 0.476 e. The number of nitrogens with one attached hydrogen (secondary N) is 1. The maximum atomic E-state index is 10.7. The van der Waals surface area contributed by atoms with Crippen molar-refractivity contribution in [1.29, 1.82) is 0 Å². The summed E-state index contributed by atoms with van der Waals surface area (Å²) in [6, 6.07) is 1.87. The van der Waals surface area contributed by atoms with Crippen LogP contribution in [0.2, 0.25) is 0 Å². The number of carbonyl (C=O) groups is 1. The van der Waals surface area contributed by atoms with Crippen LogP contribution in [0.1, 0.15) is 28.1 Å². The standard InChI is InChI=1S/C11H12N4O2S/c1-2-7-3-9(14-6-13-7)12-4-10-15-8(5-18-10)11(16)17/h3,5-6H,2,4H2,1H3,(H,16,17)(H,12,13,14). The lowest BCUT2D eigenvalue weighted by Gasteiger charge is -2.03. The summed E-state index contributed by atoms with van der Waals surface area (Å²) in [5.41, 5.74) is 1.03. The third-order valence-electron chi connectivity index (χ3n) is 2.28. The van der Waals surface area contributed by atoms with Crippen LogP contribution in [0, 0.1) is 0 Å². The minimum absolute atomic E-state index is 0.0775. The van der Waals surface area contributed by atoms with E-state index in [1.807, 2.05) is 13.0 Å². The summed E-state index contributed by atoms with van der Waals surface area (Å²) in [6.45, 7) is 2.48. The van der Waals surface area contributed by atoms with Crippen LogP contribution >= 0.6 is 11.3 Å². The molecule has 0 spiro atoms. The van der Waals surface area contributed by atoms with Gasteiger partial charge in [-0.25, -0.2) is 19.7 Å². The predicted octanol–water partition coefficient (Wildman–Crippen LogP) is 1.81. The molecule has 2 heterocycles. The lowest BCUT2D eigenvalue weighted by Crippen LogP contribution is -2.03. The molecular formula is C11H12N4O2S. The minimum atomic E-state index is -1.01. The van der Waals surface area contributed by atoms with Crippen LogP contribution in [0.5, 0.6) is 0 Å². The summed E-state index contributed by atoms with van der Waals surface area (Å²) in [7, 11) is 0.